The number of rotatable bonds is 8. The monoisotopic (exact) mass is 332 g/mol. The topological polar surface area (TPSA) is 106 Å². The van der Waals surface area contributed by atoms with Crippen LogP contribution in [0.25, 0.3) is 0 Å². The van der Waals surface area contributed by atoms with E-state index in [1.807, 2.05) is 13.0 Å². The molecule has 2 N–H and O–H groups in total. The molecule has 8 heteroatoms. The Kier molecular flexibility index (Phi) is 5.89. The largest absolute Gasteiger partial charge is 0.494 e. The maximum atomic E-state index is 12.0. The zero-order valence-electron chi connectivity index (χ0n) is 13.7. The molecule has 0 unspecified atom stereocenters. The molecule has 1 aromatic carbocycles. The lowest BCUT2D eigenvalue weighted by Crippen LogP contribution is -2.19. The van der Waals surface area contributed by atoms with Crippen molar-refractivity contribution in [1.82, 2.24) is 15.0 Å². The van der Waals surface area contributed by atoms with Crippen LogP contribution in [0.4, 0.5) is 5.69 Å². The van der Waals surface area contributed by atoms with Crippen molar-refractivity contribution in [3.8, 4) is 5.75 Å². The van der Waals surface area contributed by atoms with Gasteiger partial charge in [0.25, 0.3) is 0 Å². The minimum Gasteiger partial charge on any atom is -0.494 e. The Hall–Kier alpha value is -2.90. The molecule has 0 radical (unpaired) electrons. The molecule has 0 bridgehead atoms. The van der Waals surface area contributed by atoms with Crippen LogP contribution >= 0.6 is 0 Å². The highest BCUT2D eigenvalue weighted by atomic mass is 16.5. The van der Waals surface area contributed by atoms with Crippen LogP contribution in [0.1, 0.15) is 35.8 Å². The van der Waals surface area contributed by atoms with Gasteiger partial charge < -0.3 is 15.2 Å². The Morgan fingerprint density at radius 2 is 2.17 bits per heavy atom. The van der Waals surface area contributed by atoms with Gasteiger partial charge in [0.1, 0.15) is 12.3 Å². The minimum absolute atomic E-state index is 0.117. The second-order valence-electron chi connectivity index (χ2n) is 5.33. The molecule has 0 saturated carbocycles. The summed E-state index contributed by atoms with van der Waals surface area (Å²) in [6.45, 7) is 4.52. The Labute approximate surface area is 139 Å². The van der Waals surface area contributed by atoms with Crippen LogP contribution in [0.3, 0.4) is 0 Å². The Bertz CT molecular complexity index is 727. The average molecular weight is 332 g/mol. The molecule has 0 aliphatic rings. The summed E-state index contributed by atoms with van der Waals surface area (Å²) < 4.78 is 6.79. The number of amides is 1. The molecule has 0 aliphatic carbocycles. The van der Waals surface area contributed by atoms with Crippen LogP contribution < -0.4 is 10.1 Å². The zero-order chi connectivity index (χ0) is 17.5. The molecule has 128 valence electrons. The Morgan fingerprint density at radius 1 is 1.38 bits per heavy atom. The summed E-state index contributed by atoms with van der Waals surface area (Å²) in [6.07, 6.45) is 3.27. The van der Waals surface area contributed by atoms with Crippen LogP contribution in [-0.2, 0) is 11.3 Å². The predicted molar refractivity (Wildman–Crippen MR) is 87.2 cm³/mol. The molecule has 2 rings (SSSR count). The molecule has 2 aromatic rings. The van der Waals surface area contributed by atoms with Crippen LogP contribution in [0.5, 0.6) is 5.75 Å². The molecule has 0 atom stereocenters. The van der Waals surface area contributed by atoms with Crippen molar-refractivity contribution in [3.05, 3.63) is 35.7 Å². The van der Waals surface area contributed by atoms with Gasteiger partial charge in [-0.3, -0.25) is 4.79 Å². The van der Waals surface area contributed by atoms with Crippen molar-refractivity contribution < 1.29 is 19.4 Å². The van der Waals surface area contributed by atoms with Gasteiger partial charge in [-0.2, -0.15) is 0 Å². The van der Waals surface area contributed by atoms with E-state index in [4.69, 9.17) is 9.84 Å². The number of carbonyl (C=O) groups excluding carboxylic acids is 1. The quantitative estimate of drug-likeness (QED) is 0.717. The van der Waals surface area contributed by atoms with Crippen molar-refractivity contribution >= 4 is 17.6 Å². The lowest BCUT2D eigenvalue weighted by Gasteiger charge is -2.11. The first-order valence-corrected chi connectivity index (χ1v) is 7.66. The maximum absolute atomic E-state index is 12.0. The number of hydrogen-bond donors (Lipinski definition) is 2. The summed E-state index contributed by atoms with van der Waals surface area (Å²) in [7, 11) is 0. The number of ether oxygens (including phenoxy) is 1. The van der Waals surface area contributed by atoms with E-state index in [0.717, 1.165) is 24.2 Å². The number of carboxylic acids is 1. The van der Waals surface area contributed by atoms with E-state index in [1.165, 1.54) is 10.9 Å². The van der Waals surface area contributed by atoms with Crippen LogP contribution in [-0.4, -0.2) is 38.6 Å². The molecule has 0 aliphatic heterocycles. The number of aromatic nitrogens is 3. The SMILES string of the molecule is CCCCOc1ccc(NC(=O)Cn2cc(C(=O)O)nn2)c(C)c1. The summed E-state index contributed by atoms with van der Waals surface area (Å²) >= 11 is 0. The lowest BCUT2D eigenvalue weighted by molar-refractivity contribution is -0.116. The molecule has 1 amide bonds. The van der Waals surface area contributed by atoms with E-state index in [-0.39, 0.29) is 18.1 Å². The van der Waals surface area contributed by atoms with Gasteiger partial charge in [0.05, 0.1) is 12.8 Å². The van der Waals surface area contributed by atoms with Crippen LogP contribution in [0, 0.1) is 6.92 Å². The predicted octanol–water partition coefficient (Wildman–Crippen LogP) is 2.10. The molecule has 1 aromatic heterocycles. The summed E-state index contributed by atoms with van der Waals surface area (Å²) in [4.78, 5) is 22.8. The summed E-state index contributed by atoms with van der Waals surface area (Å²) in [5.41, 5.74) is 1.34. The fourth-order valence-electron chi connectivity index (χ4n) is 2.01. The molecular formula is C16H20N4O4. The number of benzene rings is 1. The summed E-state index contributed by atoms with van der Waals surface area (Å²) in [5, 5.41) is 18.6. The maximum Gasteiger partial charge on any atom is 0.358 e. The average Bonchev–Trinajstić information content (AvgIpc) is 2.99. The first-order chi connectivity index (χ1) is 11.5. The number of aromatic carboxylic acids is 1. The highest BCUT2D eigenvalue weighted by Gasteiger charge is 2.11. The standard InChI is InChI=1S/C16H20N4O4/c1-3-4-7-24-12-5-6-13(11(2)8-12)17-15(21)10-20-9-14(16(22)23)18-19-20/h5-6,8-9H,3-4,7,10H2,1-2H3,(H,17,21)(H,22,23). The fourth-order valence-corrected chi connectivity index (χ4v) is 2.01. The van der Waals surface area contributed by atoms with Gasteiger partial charge in [-0.1, -0.05) is 18.6 Å². The van der Waals surface area contributed by atoms with Gasteiger partial charge in [0.15, 0.2) is 5.69 Å². The van der Waals surface area contributed by atoms with Gasteiger partial charge in [-0.15, -0.1) is 5.10 Å². The molecule has 0 fully saturated rings. The van der Waals surface area contributed by atoms with Crippen LogP contribution in [0.15, 0.2) is 24.4 Å². The first kappa shape index (κ1) is 17.5. The third-order valence-electron chi connectivity index (χ3n) is 3.30. The van der Waals surface area contributed by atoms with Crippen molar-refractivity contribution in [3.63, 3.8) is 0 Å². The van der Waals surface area contributed by atoms with E-state index in [2.05, 4.69) is 22.6 Å². The second-order valence-corrected chi connectivity index (χ2v) is 5.33. The molecule has 0 spiro atoms. The van der Waals surface area contributed by atoms with Crippen molar-refractivity contribution in [2.24, 2.45) is 0 Å². The van der Waals surface area contributed by atoms with E-state index >= 15 is 0 Å². The van der Waals surface area contributed by atoms with Gasteiger partial charge in [0, 0.05) is 5.69 Å². The van der Waals surface area contributed by atoms with Crippen molar-refractivity contribution in [2.75, 3.05) is 11.9 Å². The zero-order valence-corrected chi connectivity index (χ0v) is 13.7. The van der Waals surface area contributed by atoms with Gasteiger partial charge in [0.2, 0.25) is 5.91 Å². The van der Waals surface area contributed by atoms with Gasteiger partial charge in [-0.25, -0.2) is 9.48 Å². The van der Waals surface area contributed by atoms with E-state index in [1.54, 1.807) is 12.1 Å². The number of nitrogens with zero attached hydrogens (tertiary/aromatic N) is 3. The minimum atomic E-state index is -1.18. The van der Waals surface area contributed by atoms with Crippen LogP contribution in [0.2, 0.25) is 0 Å². The van der Waals surface area contributed by atoms with Gasteiger partial charge >= 0.3 is 5.97 Å². The first-order valence-electron chi connectivity index (χ1n) is 7.66. The number of hydrogen-bond acceptors (Lipinski definition) is 5. The van der Waals surface area contributed by atoms with Crippen molar-refractivity contribution in [1.29, 1.82) is 0 Å². The number of carboxylic acid groups (broad SMARTS) is 1. The number of aryl methyl sites for hydroxylation is 1. The Morgan fingerprint density at radius 3 is 2.79 bits per heavy atom. The smallest absolute Gasteiger partial charge is 0.358 e. The number of nitrogens with one attached hydrogen (secondary N) is 1. The van der Waals surface area contributed by atoms with Crippen molar-refractivity contribution in [2.45, 2.75) is 33.2 Å². The molecule has 24 heavy (non-hydrogen) atoms. The van der Waals surface area contributed by atoms with E-state index in [9.17, 15) is 9.59 Å². The number of anilines is 1. The number of unbranched alkanes of at least 4 members (excludes halogenated alkanes) is 1. The van der Waals surface area contributed by atoms with E-state index < -0.39 is 5.97 Å². The molecular weight excluding hydrogens is 312 g/mol. The summed E-state index contributed by atoms with van der Waals surface area (Å²) in [5.74, 6) is -0.739. The normalized spacial score (nSPS) is 10.4. The number of carbonyl (C=O) groups is 2. The highest BCUT2D eigenvalue weighted by Crippen LogP contribution is 2.21. The Balaban J connectivity index is 1.94. The third kappa shape index (κ3) is 4.80. The molecule has 8 nitrogen and oxygen atoms in total. The second kappa shape index (κ2) is 8.09. The highest BCUT2D eigenvalue weighted by molar-refractivity contribution is 5.91. The third-order valence-corrected chi connectivity index (χ3v) is 3.30. The van der Waals surface area contributed by atoms with E-state index in [0.29, 0.717) is 12.3 Å². The summed E-state index contributed by atoms with van der Waals surface area (Å²) in [6, 6.07) is 5.44. The molecule has 0 saturated heterocycles. The molecule has 1 heterocycles. The van der Waals surface area contributed by atoms with Gasteiger partial charge in [-0.05, 0) is 37.1 Å². The fraction of sp³-hybridized carbons (Fsp3) is 0.375. The lowest BCUT2D eigenvalue weighted by atomic mass is 10.2.